The molecule has 0 aromatic carbocycles. The first kappa shape index (κ1) is 19.9. The summed E-state index contributed by atoms with van der Waals surface area (Å²) in [4.78, 5) is 45.4. The predicted molar refractivity (Wildman–Crippen MR) is 75.8 cm³/mol. The molecule has 0 unspecified atom stereocenters. The Hall–Kier alpha value is -2.12. The van der Waals surface area contributed by atoms with Crippen molar-refractivity contribution in [2.75, 3.05) is 13.2 Å². The summed E-state index contributed by atoms with van der Waals surface area (Å²) in [7, 11) is 0. The number of carbonyl (C=O) groups is 4. The number of esters is 2. The van der Waals surface area contributed by atoms with Gasteiger partial charge in [-0.25, -0.2) is 4.79 Å². The summed E-state index contributed by atoms with van der Waals surface area (Å²) in [6.07, 6.45) is -0.380. The maximum Gasteiger partial charge on any atom is 0.326 e. The molecule has 8 heteroatoms. The molecule has 0 rings (SSSR count). The van der Waals surface area contributed by atoms with Crippen LogP contribution in [0.3, 0.4) is 0 Å². The molecular formula is C14H23NO7. The van der Waals surface area contributed by atoms with Gasteiger partial charge >= 0.3 is 17.9 Å². The fraction of sp³-hybridized carbons (Fsp3) is 0.714. The molecule has 8 nitrogen and oxygen atoms in total. The van der Waals surface area contributed by atoms with Gasteiger partial charge < -0.3 is 19.9 Å². The summed E-state index contributed by atoms with van der Waals surface area (Å²) >= 11 is 0. The van der Waals surface area contributed by atoms with Crippen molar-refractivity contribution < 1.29 is 33.8 Å². The minimum Gasteiger partial charge on any atom is -0.480 e. The minimum atomic E-state index is -1.25. The van der Waals surface area contributed by atoms with Gasteiger partial charge in [0.05, 0.1) is 25.6 Å². The summed E-state index contributed by atoms with van der Waals surface area (Å²) in [5.41, 5.74) is 0. The van der Waals surface area contributed by atoms with E-state index in [2.05, 4.69) is 10.1 Å². The van der Waals surface area contributed by atoms with Crippen LogP contribution in [0, 0.1) is 5.92 Å². The summed E-state index contributed by atoms with van der Waals surface area (Å²) in [6, 6.07) is -1.21. The first-order chi connectivity index (χ1) is 10.3. The van der Waals surface area contributed by atoms with Crippen molar-refractivity contribution in [1.29, 1.82) is 0 Å². The zero-order chi connectivity index (χ0) is 17.1. The zero-order valence-corrected chi connectivity index (χ0v) is 13.1. The molecule has 22 heavy (non-hydrogen) atoms. The topological polar surface area (TPSA) is 119 Å². The Bertz CT molecular complexity index is 408. The SMILES string of the molecule is CCOC(=O)CCC(=O)N[C@H](C[C@@H](C)C(=O)OCC)C(=O)O. The number of carbonyl (C=O) groups excluding carboxylic acids is 3. The maximum absolute atomic E-state index is 11.6. The molecule has 126 valence electrons. The molecule has 0 heterocycles. The van der Waals surface area contributed by atoms with Crippen LogP contribution in [-0.2, 0) is 28.7 Å². The van der Waals surface area contributed by atoms with Crippen LogP contribution in [0.15, 0.2) is 0 Å². The molecule has 0 saturated heterocycles. The summed E-state index contributed by atoms with van der Waals surface area (Å²) in [5.74, 6) is -3.54. The van der Waals surface area contributed by atoms with E-state index in [9.17, 15) is 19.2 Å². The van der Waals surface area contributed by atoms with Crippen molar-refractivity contribution in [1.82, 2.24) is 5.32 Å². The lowest BCUT2D eigenvalue weighted by atomic mass is 10.0. The van der Waals surface area contributed by atoms with Gasteiger partial charge in [0.25, 0.3) is 0 Å². The van der Waals surface area contributed by atoms with Gasteiger partial charge in [-0.2, -0.15) is 0 Å². The third-order valence-electron chi connectivity index (χ3n) is 2.77. The first-order valence-corrected chi connectivity index (χ1v) is 7.16. The van der Waals surface area contributed by atoms with Crippen LogP contribution >= 0.6 is 0 Å². The molecule has 0 aromatic rings. The van der Waals surface area contributed by atoms with Gasteiger partial charge in [-0.05, 0) is 20.3 Å². The van der Waals surface area contributed by atoms with E-state index >= 15 is 0 Å². The van der Waals surface area contributed by atoms with Crippen LogP contribution in [0.25, 0.3) is 0 Å². The van der Waals surface area contributed by atoms with Crippen molar-refractivity contribution >= 4 is 23.8 Å². The summed E-state index contributed by atoms with van der Waals surface area (Å²) < 4.78 is 9.46. The molecule has 0 aromatic heterocycles. The van der Waals surface area contributed by atoms with Crippen molar-refractivity contribution in [2.45, 2.75) is 46.1 Å². The molecule has 0 aliphatic carbocycles. The van der Waals surface area contributed by atoms with Crippen molar-refractivity contribution in [2.24, 2.45) is 5.92 Å². The second-order valence-corrected chi connectivity index (χ2v) is 4.65. The lowest BCUT2D eigenvalue weighted by molar-refractivity contribution is -0.149. The largest absolute Gasteiger partial charge is 0.480 e. The quantitative estimate of drug-likeness (QED) is 0.563. The van der Waals surface area contributed by atoms with Crippen molar-refractivity contribution in [3.63, 3.8) is 0 Å². The average Bonchev–Trinajstić information content (AvgIpc) is 2.44. The Morgan fingerprint density at radius 3 is 2.14 bits per heavy atom. The molecule has 1 amide bonds. The number of aliphatic carboxylic acids is 1. The van der Waals surface area contributed by atoms with Crippen molar-refractivity contribution in [3.8, 4) is 0 Å². The van der Waals surface area contributed by atoms with Crippen molar-refractivity contribution in [3.05, 3.63) is 0 Å². The first-order valence-electron chi connectivity index (χ1n) is 7.16. The third-order valence-corrected chi connectivity index (χ3v) is 2.77. The predicted octanol–water partition coefficient (Wildman–Crippen LogP) is 0.488. The van der Waals surface area contributed by atoms with Crippen LogP contribution in [0.1, 0.15) is 40.0 Å². The van der Waals surface area contributed by atoms with E-state index < -0.39 is 35.8 Å². The fourth-order valence-corrected chi connectivity index (χ4v) is 1.67. The van der Waals surface area contributed by atoms with Crippen LogP contribution in [0.2, 0.25) is 0 Å². The number of carboxylic acids is 1. The molecule has 0 aliphatic rings. The molecular weight excluding hydrogens is 294 g/mol. The number of carboxylic acid groups (broad SMARTS) is 1. The van der Waals surface area contributed by atoms with Gasteiger partial charge in [0.15, 0.2) is 0 Å². The van der Waals surface area contributed by atoms with E-state index in [1.54, 1.807) is 13.8 Å². The summed E-state index contributed by atoms with van der Waals surface area (Å²) in [6.45, 7) is 5.24. The molecule has 0 spiro atoms. The number of amides is 1. The van der Waals surface area contributed by atoms with Crippen LogP contribution in [-0.4, -0.2) is 48.2 Å². The Kier molecular flexibility index (Phi) is 9.56. The van der Waals surface area contributed by atoms with Gasteiger partial charge in [-0.1, -0.05) is 6.92 Å². The number of rotatable bonds is 10. The van der Waals surface area contributed by atoms with E-state index in [1.165, 1.54) is 6.92 Å². The molecule has 2 atom stereocenters. The van der Waals surface area contributed by atoms with Crippen LogP contribution < -0.4 is 5.32 Å². The third kappa shape index (κ3) is 8.23. The highest BCUT2D eigenvalue weighted by Crippen LogP contribution is 2.09. The van der Waals surface area contributed by atoms with Crippen LogP contribution in [0.4, 0.5) is 0 Å². The second kappa shape index (κ2) is 10.6. The van der Waals surface area contributed by atoms with E-state index in [1.807, 2.05) is 0 Å². The van der Waals surface area contributed by atoms with Gasteiger partial charge in [-0.3, -0.25) is 14.4 Å². The average molecular weight is 317 g/mol. The highest BCUT2D eigenvalue weighted by molar-refractivity contribution is 5.86. The fourth-order valence-electron chi connectivity index (χ4n) is 1.67. The minimum absolute atomic E-state index is 0.0840. The van der Waals surface area contributed by atoms with E-state index in [-0.39, 0.29) is 32.5 Å². The van der Waals surface area contributed by atoms with Gasteiger partial charge in [-0.15, -0.1) is 0 Å². The van der Waals surface area contributed by atoms with Crippen LogP contribution in [0.5, 0.6) is 0 Å². The maximum atomic E-state index is 11.6. The molecule has 0 bridgehead atoms. The highest BCUT2D eigenvalue weighted by Gasteiger charge is 2.26. The Balaban J connectivity index is 4.40. The summed E-state index contributed by atoms with van der Waals surface area (Å²) in [5, 5.41) is 11.4. The Morgan fingerprint density at radius 2 is 1.64 bits per heavy atom. The molecule has 0 radical (unpaired) electrons. The number of nitrogens with one attached hydrogen (secondary N) is 1. The number of hydrogen-bond donors (Lipinski definition) is 2. The highest BCUT2D eigenvalue weighted by atomic mass is 16.5. The van der Waals surface area contributed by atoms with Gasteiger partial charge in [0, 0.05) is 6.42 Å². The Labute approximate surface area is 129 Å². The number of hydrogen-bond acceptors (Lipinski definition) is 6. The number of ether oxygens (including phenoxy) is 2. The zero-order valence-electron chi connectivity index (χ0n) is 13.1. The smallest absolute Gasteiger partial charge is 0.326 e. The standard InChI is InChI=1S/C14H23NO7/c1-4-21-12(17)7-6-11(16)15-10(13(18)19)8-9(3)14(20)22-5-2/h9-10H,4-8H2,1-3H3,(H,15,16)(H,18,19)/t9-,10-/m1/s1. The molecule has 0 fully saturated rings. The molecule has 0 saturated carbocycles. The normalized spacial score (nSPS) is 12.9. The van der Waals surface area contributed by atoms with E-state index in [0.717, 1.165) is 0 Å². The van der Waals surface area contributed by atoms with Gasteiger partial charge in [0.2, 0.25) is 5.91 Å². The van der Waals surface area contributed by atoms with Gasteiger partial charge in [0.1, 0.15) is 6.04 Å². The van der Waals surface area contributed by atoms with E-state index in [0.29, 0.717) is 0 Å². The lowest BCUT2D eigenvalue weighted by Gasteiger charge is -2.18. The second-order valence-electron chi connectivity index (χ2n) is 4.65. The Morgan fingerprint density at radius 1 is 1.05 bits per heavy atom. The monoisotopic (exact) mass is 317 g/mol. The lowest BCUT2D eigenvalue weighted by Crippen LogP contribution is -2.42. The van der Waals surface area contributed by atoms with E-state index in [4.69, 9.17) is 9.84 Å². The molecule has 2 N–H and O–H groups in total. The molecule has 0 aliphatic heterocycles.